The highest BCUT2D eigenvalue weighted by Crippen LogP contribution is 2.56. The van der Waals surface area contributed by atoms with Crippen LogP contribution in [0.4, 0.5) is 26.3 Å². The summed E-state index contributed by atoms with van der Waals surface area (Å²) in [6, 6.07) is 7.67. The molecule has 0 aliphatic carbocycles. The lowest BCUT2D eigenvalue weighted by Crippen LogP contribution is -2.44. The van der Waals surface area contributed by atoms with Crippen LogP contribution >= 0.6 is 7.82 Å². The predicted molar refractivity (Wildman–Crippen MR) is 181 cm³/mol. The monoisotopic (exact) mass is 774 g/mol. The lowest BCUT2D eigenvalue weighted by Gasteiger charge is -2.39. The van der Waals surface area contributed by atoms with Crippen LogP contribution in [0.1, 0.15) is 71.5 Å². The van der Waals surface area contributed by atoms with Crippen LogP contribution < -0.4 is 4.74 Å². The maximum Gasteiger partial charge on any atom is 0.477 e. The second-order valence-corrected chi connectivity index (χ2v) is 15.4. The van der Waals surface area contributed by atoms with Crippen LogP contribution in [0.2, 0.25) is 0 Å². The van der Waals surface area contributed by atoms with E-state index in [2.05, 4.69) is 20.2 Å². The molecule has 0 aliphatic heterocycles. The van der Waals surface area contributed by atoms with Crippen molar-refractivity contribution in [3.05, 3.63) is 90.0 Å². The van der Waals surface area contributed by atoms with Crippen molar-refractivity contribution in [1.29, 1.82) is 0 Å². The Morgan fingerprint density at radius 2 is 1.58 bits per heavy atom. The van der Waals surface area contributed by atoms with Crippen LogP contribution in [0.5, 0.6) is 5.75 Å². The fraction of sp³-hybridized carbons (Fsp3) is 0.471. The molecule has 290 valence electrons. The van der Waals surface area contributed by atoms with Crippen molar-refractivity contribution in [3.63, 3.8) is 0 Å². The van der Waals surface area contributed by atoms with Gasteiger partial charge in [-0.2, -0.15) is 19.0 Å². The summed E-state index contributed by atoms with van der Waals surface area (Å²) in [7, 11) is -4.31. The summed E-state index contributed by atoms with van der Waals surface area (Å²) >= 11 is 0. The first kappa shape index (κ1) is 41.7. The first-order valence-corrected chi connectivity index (χ1v) is 17.6. The van der Waals surface area contributed by atoms with Gasteiger partial charge in [0, 0.05) is 11.6 Å². The van der Waals surface area contributed by atoms with E-state index in [9.17, 15) is 26.5 Å². The molecule has 0 saturated carbocycles. The van der Waals surface area contributed by atoms with Crippen molar-refractivity contribution in [2.75, 3.05) is 13.4 Å². The lowest BCUT2D eigenvalue weighted by atomic mass is 9.86. The number of phosphoric ester groups is 1. The number of ether oxygens (including phenoxy) is 2. The predicted octanol–water partition coefficient (Wildman–Crippen LogP) is 8.48. The topological polar surface area (TPSA) is 125 Å². The summed E-state index contributed by atoms with van der Waals surface area (Å²) in [5.41, 5.74) is -3.31. The molecular weight excluding hydrogens is 733 g/mol. The Bertz CT molecular complexity index is 1840. The molecule has 0 N–H and O–H groups in total. The van der Waals surface area contributed by atoms with Crippen LogP contribution in [-0.2, 0) is 35.0 Å². The zero-order valence-electron chi connectivity index (χ0n) is 30.1. The normalized spacial score (nSPS) is 14.9. The highest BCUT2D eigenvalue weighted by atomic mass is 31.2. The molecule has 0 saturated heterocycles. The minimum Gasteiger partial charge on any atom is -0.487 e. The molecule has 12 nitrogen and oxygen atoms in total. The molecule has 0 fully saturated rings. The zero-order chi connectivity index (χ0) is 39.2. The van der Waals surface area contributed by atoms with Crippen molar-refractivity contribution in [1.82, 2.24) is 29.5 Å². The average molecular weight is 775 g/mol. The summed E-state index contributed by atoms with van der Waals surface area (Å²) < 4.78 is 126. The molecule has 4 aromatic rings. The third-order valence-electron chi connectivity index (χ3n) is 7.20. The van der Waals surface area contributed by atoms with E-state index in [1.54, 1.807) is 54.5 Å². The molecule has 0 radical (unpaired) electrons. The summed E-state index contributed by atoms with van der Waals surface area (Å²) in [4.78, 5) is 8.28. The quantitative estimate of drug-likeness (QED) is 0.0586. The van der Waals surface area contributed by atoms with Crippen molar-refractivity contribution >= 4 is 20.0 Å². The van der Waals surface area contributed by atoms with Gasteiger partial charge >= 0.3 is 20.2 Å². The average Bonchev–Trinajstić information content (AvgIpc) is 3.73. The van der Waals surface area contributed by atoms with Gasteiger partial charge < -0.3 is 9.47 Å². The summed E-state index contributed by atoms with van der Waals surface area (Å²) in [5, 5.41) is 8.67. The molecule has 0 unspecified atom stereocenters. The lowest BCUT2D eigenvalue weighted by molar-refractivity contribution is -0.159. The van der Waals surface area contributed by atoms with Gasteiger partial charge in [0.05, 0.1) is 23.8 Å². The summed E-state index contributed by atoms with van der Waals surface area (Å²) in [6.07, 6.45) is 3.22. The number of rotatable bonds is 17. The Labute approximate surface area is 302 Å². The van der Waals surface area contributed by atoms with Crippen molar-refractivity contribution in [2.45, 2.75) is 90.2 Å². The SMILES string of the molecule is C[C@@H](n1cnc(/C=C/c2ccc(OCC(F)(F)C(F)F)cc2)n1)[C@@](Cn1cncn1)(OCOP(=O)(OC(C)(C)C)OC(C)(C)C)c1ccc(F)cc1F. The van der Waals surface area contributed by atoms with Crippen LogP contribution in [0.3, 0.4) is 0 Å². The minimum absolute atomic E-state index is 0.0364. The third kappa shape index (κ3) is 11.7. The van der Waals surface area contributed by atoms with E-state index in [0.717, 1.165) is 6.07 Å². The Morgan fingerprint density at radius 3 is 2.15 bits per heavy atom. The number of benzene rings is 2. The molecule has 2 aromatic carbocycles. The van der Waals surface area contributed by atoms with Crippen molar-refractivity contribution in [3.8, 4) is 5.75 Å². The molecule has 4 rings (SSSR count). The Morgan fingerprint density at radius 1 is 0.925 bits per heavy atom. The molecular formula is C34H41F6N6O6P. The first-order chi connectivity index (χ1) is 24.6. The number of phosphoric acid groups is 1. The van der Waals surface area contributed by atoms with Gasteiger partial charge in [0.15, 0.2) is 19.2 Å². The van der Waals surface area contributed by atoms with Gasteiger partial charge in [-0.1, -0.05) is 24.3 Å². The fourth-order valence-electron chi connectivity index (χ4n) is 4.87. The van der Waals surface area contributed by atoms with Gasteiger partial charge in [-0.15, -0.1) is 0 Å². The molecule has 0 aliphatic rings. The largest absolute Gasteiger partial charge is 0.487 e. The molecule has 19 heteroatoms. The Kier molecular flexibility index (Phi) is 13.0. The van der Waals surface area contributed by atoms with Gasteiger partial charge in [0.25, 0.3) is 0 Å². The molecule has 2 heterocycles. The van der Waals surface area contributed by atoms with E-state index in [1.165, 1.54) is 64.8 Å². The fourth-order valence-corrected chi connectivity index (χ4v) is 6.53. The molecule has 2 atom stereocenters. The smallest absolute Gasteiger partial charge is 0.477 e. The second kappa shape index (κ2) is 16.5. The number of hydrogen-bond donors (Lipinski definition) is 0. The highest BCUT2D eigenvalue weighted by Gasteiger charge is 2.46. The van der Waals surface area contributed by atoms with Crippen LogP contribution in [0.15, 0.2) is 61.4 Å². The van der Waals surface area contributed by atoms with Crippen LogP contribution in [-0.4, -0.2) is 66.5 Å². The Hall–Kier alpha value is -4.09. The highest BCUT2D eigenvalue weighted by molar-refractivity contribution is 7.48. The number of hydrogen-bond acceptors (Lipinski definition) is 10. The van der Waals surface area contributed by atoms with E-state index in [1.807, 2.05) is 0 Å². The van der Waals surface area contributed by atoms with Crippen LogP contribution in [0.25, 0.3) is 12.2 Å². The maximum absolute atomic E-state index is 15.8. The van der Waals surface area contributed by atoms with E-state index in [4.69, 9.17) is 23.0 Å². The van der Waals surface area contributed by atoms with E-state index < -0.39 is 68.0 Å². The van der Waals surface area contributed by atoms with Crippen LogP contribution in [0, 0.1) is 11.6 Å². The van der Waals surface area contributed by atoms with Gasteiger partial charge in [0.1, 0.15) is 42.0 Å². The van der Waals surface area contributed by atoms with Gasteiger partial charge in [-0.3, -0.25) is 13.6 Å². The Balaban J connectivity index is 1.66. The maximum atomic E-state index is 15.8. The summed E-state index contributed by atoms with van der Waals surface area (Å²) in [5.74, 6) is -5.96. The molecule has 0 bridgehead atoms. The second-order valence-electron chi connectivity index (χ2n) is 13.9. The molecule has 2 aromatic heterocycles. The van der Waals surface area contributed by atoms with Crippen molar-refractivity contribution in [2.24, 2.45) is 0 Å². The minimum atomic E-state index is -4.31. The first-order valence-electron chi connectivity index (χ1n) is 16.2. The molecule has 53 heavy (non-hydrogen) atoms. The summed E-state index contributed by atoms with van der Waals surface area (Å²) in [6.45, 7) is 9.10. The molecule has 0 amide bonds. The standard InChI is InChI=1S/C34H41F6N6O6P/c1-23(46-21-42-29(44-46)15-10-24-8-12-26(13-9-24)48-18-34(39,40)30(37)38)33(17-45-20-41-19-43-45,27-14-11-25(35)16-28(27)36)49-22-50-53(47,51-31(2,3)4)52-32(5,6)7/h8-16,19-21,23,30H,17-18,22H2,1-7H3/b15-10+/t23-,33-/m1/s1. The van der Waals surface area contributed by atoms with E-state index in [0.29, 0.717) is 11.6 Å². The van der Waals surface area contributed by atoms with Gasteiger partial charge in [0.2, 0.25) is 0 Å². The van der Waals surface area contributed by atoms with Gasteiger partial charge in [-0.05, 0) is 78.3 Å². The number of nitrogens with zero attached hydrogens (tertiary/aromatic N) is 6. The number of alkyl halides is 4. The number of halogens is 6. The number of aromatic nitrogens is 6. The van der Waals surface area contributed by atoms with Gasteiger partial charge in [-0.25, -0.2) is 41.5 Å². The molecule has 0 spiro atoms. The van der Waals surface area contributed by atoms with Crippen molar-refractivity contribution < 1.29 is 54.0 Å². The van der Waals surface area contributed by atoms with E-state index >= 15 is 4.39 Å². The third-order valence-corrected chi connectivity index (χ3v) is 9.17. The zero-order valence-corrected chi connectivity index (χ0v) is 30.9. The van der Waals surface area contributed by atoms with E-state index in [-0.39, 0.29) is 23.7 Å².